The fraction of sp³-hybridized carbons (Fsp3) is 0.278. The van der Waals surface area contributed by atoms with Crippen LogP contribution in [0, 0.1) is 0 Å². The first-order chi connectivity index (χ1) is 12.8. The normalized spacial score (nSPS) is 16.3. The maximum Gasteiger partial charge on any atom is 0.267 e. The minimum absolute atomic E-state index is 0.158. The van der Waals surface area contributed by atoms with Gasteiger partial charge < -0.3 is 14.8 Å². The van der Waals surface area contributed by atoms with Gasteiger partial charge in [0, 0.05) is 5.02 Å². The van der Waals surface area contributed by atoms with Gasteiger partial charge in [-0.15, -0.1) is 0 Å². The molecule has 1 amide bonds. The lowest BCUT2D eigenvalue weighted by molar-refractivity contribution is -0.122. The van der Waals surface area contributed by atoms with Crippen LogP contribution in [0.1, 0.15) is 6.92 Å². The number of rotatable bonds is 5. The van der Waals surface area contributed by atoms with Gasteiger partial charge in [-0.05, 0) is 37.3 Å². The molecule has 0 spiro atoms. The molecular formula is C18H19ClN2O5S. The van der Waals surface area contributed by atoms with E-state index in [0.29, 0.717) is 28.8 Å². The second kappa shape index (κ2) is 7.66. The summed E-state index contributed by atoms with van der Waals surface area (Å²) < 4.78 is 36.7. The average Bonchev–Trinajstić information content (AvgIpc) is 2.61. The van der Waals surface area contributed by atoms with E-state index in [1.54, 1.807) is 36.4 Å². The van der Waals surface area contributed by atoms with Crippen molar-refractivity contribution < 1.29 is 22.7 Å². The molecule has 27 heavy (non-hydrogen) atoms. The van der Waals surface area contributed by atoms with Crippen LogP contribution in [0.2, 0.25) is 5.02 Å². The molecule has 2 aromatic rings. The number of halogens is 1. The van der Waals surface area contributed by atoms with Crippen LogP contribution in [0.25, 0.3) is 0 Å². The number of nitrogens with one attached hydrogen (secondary N) is 1. The number of para-hydroxylation sites is 2. The van der Waals surface area contributed by atoms with E-state index in [0.717, 1.165) is 10.6 Å². The van der Waals surface area contributed by atoms with Crippen molar-refractivity contribution in [1.82, 2.24) is 0 Å². The van der Waals surface area contributed by atoms with Gasteiger partial charge in [0.2, 0.25) is 10.0 Å². The number of sulfonamides is 1. The van der Waals surface area contributed by atoms with Crippen LogP contribution in [0.15, 0.2) is 42.5 Å². The third-order valence-electron chi connectivity index (χ3n) is 3.93. The summed E-state index contributed by atoms with van der Waals surface area (Å²) >= 11 is 5.98. The molecular weight excluding hydrogens is 392 g/mol. The Labute approximate surface area is 162 Å². The fourth-order valence-corrected chi connectivity index (χ4v) is 3.81. The molecule has 1 unspecified atom stereocenters. The molecule has 2 aromatic carbocycles. The van der Waals surface area contributed by atoms with Crippen molar-refractivity contribution in [3.05, 3.63) is 47.5 Å². The Morgan fingerprint density at radius 3 is 2.78 bits per heavy atom. The molecule has 7 nitrogen and oxygen atoms in total. The van der Waals surface area contributed by atoms with Gasteiger partial charge in [0.1, 0.15) is 11.5 Å². The van der Waals surface area contributed by atoms with E-state index in [2.05, 4.69) is 5.32 Å². The molecule has 0 bridgehead atoms. The third kappa shape index (κ3) is 4.28. The van der Waals surface area contributed by atoms with E-state index in [1.165, 1.54) is 6.07 Å². The zero-order valence-corrected chi connectivity index (χ0v) is 16.4. The summed E-state index contributed by atoms with van der Waals surface area (Å²) in [6.07, 6.45) is 0.0469. The van der Waals surface area contributed by atoms with E-state index in [9.17, 15) is 13.2 Å². The molecule has 1 aliphatic heterocycles. The van der Waals surface area contributed by atoms with Gasteiger partial charge in [-0.3, -0.25) is 9.10 Å². The minimum Gasteiger partial charge on any atom is -0.492 e. The first kappa shape index (κ1) is 19.3. The molecule has 1 aliphatic rings. The van der Waals surface area contributed by atoms with Crippen LogP contribution in [-0.4, -0.2) is 39.8 Å². The highest BCUT2D eigenvalue weighted by atomic mass is 35.5. The maximum absolute atomic E-state index is 12.7. The Kier molecular flexibility index (Phi) is 5.48. The number of anilines is 2. The molecule has 0 saturated carbocycles. The lowest BCUT2D eigenvalue weighted by Gasteiger charge is -2.34. The van der Waals surface area contributed by atoms with E-state index in [4.69, 9.17) is 21.1 Å². The second-order valence-electron chi connectivity index (χ2n) is 5.93. The number of nitrogens with zero attached hydrogens (tertiary/aromatic N) is 1. The van der Waals surface area contributed by atoms with Crippen molar-refractivity contribution in [2.24, 2.45) is 0 Å². The first-order valence-corrected chi connectivity index (χ1v) is 10.5. The van der Waals surface area contributed by atoms with Gasteiger partial charge in [0.15, 0.2) is 6.10 Å². The van der Waals surface area contributed by atoms with Gasteiger partial charge in [0.25, 0.3) is 5.91 Å². The summed E-state index contributed by atoms with van der Waals surface area (Å²) in [5.74, 6) is 0.321. The van der Waals surface area contributed by atoms with Crippen LogP contribution in [0.3, 0.4) is 0 Å². The van der Waals surface area contributed by atoms with Crippen molar-refractivity contribution >= 4 is 38.9 Å². The van der Waals surface area contributed by atoms with Crippen LogP contribution in [-0.2, 0) is 14.8 Å². The van der Waals surface area contributed by atoms with Crippen molar-refractivity contribution in [3.8, 4) is 11.5 Å². The summed E-state index contributed by atoms with van der Waals surface area (Å²) in [6, 6.07) is 11.6. The number of benzene rings is 2. The summed E-state index contributed by atoms with van der Waals surface area (Å²) in [4.78, 5) is 12.7. The summed E-state index contributed by atoms with van der Waals surface area (Å²) in [5, 5.41) is 3.12. The standard InChI is InChI=1S/C18H19ClN2O5S/c1-3-25-15-7-5-4-6-13(15)20-18(22)17-11-21(27(2,23)24)14-10-12(19)8-9-16(14)26-17/h4-10,17H,3,11H2,1-2H3,(H,20,22). The van der Waals surface area contributed by atoms with Crippen molar-refractivity contribution in [3.63, 3.8) is 0 Å². The molecule has 0 fully saturated rings. The Balaban J connectivity index is 1.88. The molecule has 3 rings (SSSR count). The van der Waals surface area contributed by atoms with Crippen molar-refractivity contribution in [2.45, 2.75) is 13.0 Å². The number of ether oxygens (including phenoxy) is 2. The quantitative estimate of drug-likeness (QED) is 0.819. The SMILES string of the molecule is CCOc1ccccc1NC(=O)C1CN(S(C)(=O)=O)c2cc(Cl)ccc2O1. The topological polar surface area (TPSA) is 84.9 Å². The zero-order valence-electron chi connectivity index (χ0n) is 14.8. The van der Waals surface area contributed by atoms with Crippen molar-refractivity contribution in [1.29, 1.82) is 0 Å². The molecule has 1 N–H and O–H groups in total. The molecule has 0 aromatic heterocycles. The highest BCUT2D eigenvalue weighted by Gasteiger charge is 2.35. The molecule has 0 saturated heterocycles. The molecule has 9 heteroatoms. The number of hydrogen-bond donors (Lipinski definition) is 1. The van der Waals surface area contributed by atoms with Gasteiger partial charge in [-0.25, -0.2) is 8.42 Å². The van der Waals surface area contributed by atoms with E-state index in [1.807, 2.05) is 6.92 Å². The van der Waals surface area contributed by atoms with E-state index in [-0.39, 0.29) is 12.3 Å². The van der Waals surface area contributed by atoms with E-state index < -0.39 is 22.0 Å². The summed E-state index contributed by atoms with van der Waals surface area (Å²) in [7, 11) is -3.62. The Morgan fingerprint density at radius 1 is 1.33 bits per heavy atom. The number of carbonyl (C=O) groups is 1. The molecule has 0 aliphatic carbocycles. The Morgan fingerprint density at radius 2 is 2.07 bits per heavy atom. The van der Waals surface area contributed by atoms with Crippen LogP contribution < -0.4 is 19.1 Å². The molecule has 1 atom stereocenters. The lowest BCUT2D eigenvalue weighted by Crippen LogP contribution is -2.48. The average molecular weight is 411 g/mol. The van der Waals surface area contributed by atoms with Gasteiger partial charge >= 0.3 is 0 Å². The van der Waals surface area contributed by atoms with Gasteiger partial charge in [0.05, 0.1) is 30.8 Å². The molecule has 0 radical (unpaired) electrons. The number of hydrogen-bond acceptors (Lipinski definition) is 5. The third-order valence-corrected chi connectivity index (χ3v) is 5.31. The van der Waals surface area contributed by atoms with Crippen LogP contribution >= 0.6 is 11.6 Å². The number of fused-ring (bicyclic) bond motifs is 1. The van der Waals surface area contributed by atoms with Crippen molar-refractivity contribution in [2.75, 3.05) is 29.0 Å². The zero-order chi connectivity index (χ0) is 19.6. The largest absolute Gasteiger partial charge is 0.492 e. The smallest absolute Gasteiger partial charge is 0.267 e. The number of amides is 1. The minimum atomic E-state index is -3.62. The van der Waals surface area contributed by atoms with Gasteiger partial charge in [-0.2, -0.15) is 0 Å². The monoisotopic (exact) mass is 410 g/mol. The second-order valence-corrected chi connectivity index (χ2v) is 8.27. The predicted octanol–water partition coefficient (Wildman–Crippen LogP) is 2.90. The summed E-state index contributed by atoms with van der Waals surface area (Å²) in [6.45, 7) is 2.13. The van der Waals surface area contributed by atoms with E-state index >= 15 is 0 Å². The maximum atomic E-state index is 12.7. The van der Waals surface area contributed by atoms with Crippen LogP contribution in [0.4, 0.5) is 11.4 Å². The fourth-order valence-electron chi connectivity index (χ4n) is 2.74. The summed E-state index contributed by atoms with van der Waals surface area (Å²) in [5.41, 5.74) is 0.796. The first-order valence-electron chi connectivity index (χ1n) is 8.26. The molecule has 144 valence electrons. The highest BCUT2D eigenvalue weighted by molar-refractivity contribution is 7.92. The number of carbonyl (C=O) groups excluding carboxylic acids is 1. The van der Waals surface area contributed by atoms with Gasteiger partial charge in [-0.1, -0.05) is 23.7 Å². The van der Waals surface area contributed by atoms with Crippen LogP contribution in [0.5, 0.6) is 11.5 Å². The lowest BCUT2D eigenvalue weighted by atomic mass is 10.2. The Hall–Kier alpha value is -2.45. The predicted molar refractivity (Wildman–Crippen MR) is 104 cm³/mol. The highest BCUT2D eigenvalue weighted by Crippen LogP contribution is 2.37. The Bertz CT molecular complexity index is 964. The molecule has 1 heterocycles.